The minimum atomic E-state index is 0.594. The Morgan fingerprint density at radius 3 is 2.70 bits per heavy atom. The molecule has 6 heteroatoms. The first kappa shape index (κ1) is 16.0. The van der Waals surface area contributed by atoms with E-state index in [4.69, 9.17) is 22.1 Å². The van der Waals surface area contributed by atoms with E-state index in [0.717, 1.165) is 31.0 Å². The molecule has 0 amide bonds. The molecule has 0 unspecified atom stereocenters. The van der Waals surface area contributed by atoms with Crippen LogP contribution in [0.4, 0.5) is 5.69 Å². The summed E-state index contributed by atoms with van der Waals surface area (Å²) in [5.41, 5.74) is 6.70. The van der Waals surface area contributed by atoms with Gasteiger partial charge >= 0.3 is 0 Å². The second-order valence-corrected chi connectivity index (χ2v) is 7.30. The third kappa shape index (κ3) is 4.58. The van der Waals surface area contributed by atoms with Crippen molar-refractivity contribution in [3.8, 4) is 5.75 Å². The van der Waals surface area contributed by atoms with Gasteiger partial charge in [0.2, 0.25) is 0 Å². The average molecular weight is 438 g/mol. The van der Waals surface area contributed by atoms with Crippen molar-refractivity contribution in [2.75, 3.05) is 18.1 Å². The predicted octanol–water partition coefficient (Wildman–Crippen LogP) is 5.62. The fraction of sp³-hybridized carbons (Fsp3) is 0.143. The smallest absolute Gasteiger partial charge is 0.133 e. The van der Waals surface area contributed by atoms with Crippen LogP contribution in [-0.4, -0.2) is 12.4 Å². The molecule has 2 aromatic carbocycles. The third-order valence-electron chi connectivity index (χ3n) is 2.47. The Bertz CT molecular complexity index is 610. The van der Waals surface area contributed by atoms with Crippen molar-refractivity contribution in [3.05, 3.63) is 50.4 Å². The van der Waals surface area contributed by atoms with Gasteiger partial charge in [-0.05, 0) is 52.3 Å². The lowest BCUT2D eigenvalue weighted by Crippen LogP contribution is -2.01. The average Bonchev–Trinajstić information content (AvgIpc) is 2.40. The van der Waals surface area contributed by atoms with Crippen LogP contribution in [0.5, 0.6) is 5.75 Å². The largest absolute Gasteiger partial charge is 0.492 e. The molecule has 0 atom stereocenters. The van der Waals surface area contributed by atoms with Gasteiger partial charge in [-0.1, -0.05) is 27.5 Å². The molecule has 0 aliphatic rings. The number of halogens is 3. The van der Waals surface area contributed by atoms with Gasteiger partial charge in [0.1, 0.15) is 5.75 Å². The maximum absolute atomic E-state index is 5.92. The van der Waals surface area contributed by atoms with Gasteiger partial charge in [0, 0.05) is 25.8 Å². The lowest BCUT2D eigenvalue weighted by molar-refractivity contribution is 0.342. The molecule has 2 rings (SSSR count). The third-order valence-corrected chi connectivity index (χ3v) is 4.85. The van der Waals surface area contributed by atoms with Crippen LogP contribution in [0.25, 0.3) is 0 Å². The summed E-state index contributed by atoms with van der Waals surface area (Å²) in [6.45, 7) is 0.594. The van der Waals surface area contributed by atoms with Crippen molar-refractivity contribution in [3.63, 3.8) is 0 Å². The monoisotopic (exact) mass is 435 g/mol. The Morgan fingerprint density at radius 1 is 1.15 bits per heavy atom. The fourth-order valence-electron chi connectivity index (χ4n) is 1.53. The molecular weight excluding hydrogens is 425 g/mol. The molecular formula is C14H12Br2ClNOS. The topological polar surface area (TPSA) is 35.2 Å². The van der Waals surface area contributed by atoms with Crippen LogP contribution in [0.2, 0.25) is 5.02 Å². The van der Waals surface area contributed by atoms with Gasteiger partial charge in [0.05, 0.1) is 11.1 Å². The van der Waals surface area contributed by atoms with E-state index in [1.165, 1.54) is 0 Å². The predicted molar refractivity (Wildman–Crippen MR) is 93.9 cm³/mol. The molecule has 0 aliphatic heterocycles. The minimum absolute atomic E-state index is 0.594. The minimum Gasteiger partial charge on any atom is -0.492 e. The zero-order chi connectivity index (χ0) is 14.5. The molecule has 2 aromatic rings. The number of hydrogen-bond donors (Lipinski definition) is 1. The molecule has 0 aromatic heterocycles. The molecule has 106 valence electrons. The van der Waals surface area contributed by atoms with E-state index < -0.39 is 0 Å². The Hall–Kier alpha value is -0.360. The van der Waals surface area contributed by atoms with Crippen molar-refractivity contribution in [1.82, 2.24) is 0 Å². The molecule has 0 heterocycles. The number of benzene rings is 2. The number of hydrogen-bond acceptors (Lipinski definition) is 3. The number of ether oxygens (including phenoxy) is 1. The first-order valence-electron chi connectivity index (χ1n) is 5.82. The van der Waals surface area contributed by atoms with Crippen molar-refractivity contribution >= 4 is 60.9 Å². The van der Waals surface area contributed by atoms with Gasteiger partial charge in [0.25, 0.3) is 0 Å². The van der Waals surface area contributed by atoms with Gasteiger partial charge in [-0.3, -0.25) is 0 Å². The number of nitrogens with two attached hydrogens (primary N) is 1. The quantitative estimate of drug-likeness (QED) is 0.375. The molecule has 0 aliphatic carbocycles. The first-order valence-corrected chi connectivity index (χ1v) is 8.77. The van der Waals surface area contributed by atoms with E-state index in [9.17, 15) is 0 Å². The molecule has 0 spiro atoms. The van der Waals surface area contributed by atoms with Crippen LogP contribution in [0, 0.1) is 0 Å². The summed E-state index contributed by atoms with van der Waals surface area (Å²) in [4.78, 5) is 1.05. The van der Waals surface area contributed by atoms with Gasteiger partial charge in [-0.15, -0.1) is 11.8 Å². The maximum atomic E-state index is 5.92. The Morgan fingerprint density at radius 2 is 1.95 bits per heavy atom. The van der Waals surface area contributed by atoms with Crippen LogP contribution in [0.1, 0.15) is 0 Å². The summed E-state index contributed by atoms with van der Waals surface area (Å²) in [7, 11) is 0. The summed E-state index contributed by atoms with van der Waals surface area (Å²) < 4.78 is 7.59. The van der Waals surface area contributed by atoms with Crippen LogP contribution in [-0.2, 0) is 0 Å². The highest BCUT2D eigenvalue weighted by atomic mass is 79.9. The van der Waals surface area contributed by atoms with Gasteiger partial charge in [-0.25, -0.2) is 0 Å². The molecule has 2 nitrogen and oxygen atoms in total. The molecule has 0 radical (unpaired) electrons. The van der Waals surface area contributed by atoms with E-state index in [1.54, 1.807) is 17.8 Å². The lowest BCUT2D eigenvalue weighted by atomic mass is 10.3. The van der Waals surface area contributed by atoms with Gasteiger partial charge in [0.15, 0.2) is 0 Å². The summed E-state index contributed by atoms with van der Waals surface area (Å²) >= 11 is 14.4. The second-order valence-electron chi connectivity index (χ2n) is 3.95. The number of nitrogen functional groups attached to an aromatic ring is 1. The molecule has 0 bridgehead atoms. The summed E-state index contributed by atoms with van der Waals surface area (Å²) in [6.07, 6.45) is 0. The maximum Gasteiger partial charge on any atom is 0.133 e. The fourth-order valence-corrected chi connectivity index (χ4v) is 3.67. The summed E-state index contributed by atoms with van der Waals surface area (Å²) in [6, 6.07) is 11.3. The first-order chi connectivity index (χ1) is 9.56. The molecule has 20 heavy (non-hydrogen) atoms. The van der Waals surface area contributed by atoms with Crippen molar-refractivity contribution in [1.29, 1.82) is 0 Å². The van der Waals surface area contributed by atoms with Crippen LogP contribution >= 0.6 is 55.2 Å². The zero-order valence-electron chi connectivity index (χ0n) is 10.4. The highest BCUT2D eigenvalue weighted by Gasteiger charge is 2.04. The SMILES string of the molecule is Nc1ccc(Br)cc1SCCOc1ccc(Cl)cc1Br. The van der Waals surface area contributed by atoms with E-state index in [1.807, 2.05) is 30.3 Å². The number of thioether (sulfide) groups is 1. The van der Waals surface area contributed by atoms with Crippen LogP contribution < -0.4 is 10.5 Å². The Kier molecular flexibility index (Phi) is 6.08. The molecule has 0 saturated carbocycles. The highest BCUT2D eigenvalue weighted by Crippen LogP contribution is 2.30. The summed E-state index contributed by atoms with van der Waals surface area (Å²) in [5, 5.41) is 0.681. The molecule has 2 N–H and O–H groups in total. The van der Waals surface area contributed by atoms with Crippen molar-refractivity contribution in [2.45, 2.75) is 4.90 Å². The zero-order valence-corrected chi connectivity index (χ0v) is 15.2. The highest BCUT2D eigenvalue weighted by molar-refractivity contribution is 9.10. The molecule has 0 fully saturated rings. The standard InChI is InChI=1S/C14H12Br2ClNOS/c15-9-1-3-12(18)14(7-9)20-6-5-19-13-4-2-10(17)8-11(13)16/h1-4,7-8H,5-6,18H2. The number of anilines is 1. The normalized spacial score (nSPS) is 10.6. The van der Waals surface area contributed by atoms with Gasteiger partial charge < -0.3 is 10.5 Å². The van der Waals surface area contributed by atoms with E-state index in [-0.39, 0.29) is 0 Å². The Labute approximate surface area is 144 Å². The van der Waals surface area contributed by atoms with E-state index in [2.05, 4.69) is 31.9 Å². The number of rotatable bonds is 5. The van der Waals surface area contributed by atoms with E-state index in [0.29, 0.717) is 11.6 Å². The lowest BCUT2D eigenvalue weighted by Gasteiger charge is -2.09. The van der Waals surface area contributed by atoms with Crippen LogP contribution in [0.3, 0.4) is 0 Å². The van der Waals surface area contributed by atoms with Gasteiger partial charge in [-0.2, -0.15) is 0 Å². The van der Waals surface area contributed by atoms with Crippen molar-refractivity contribution in [2.24, 2.45) is 0 Å². The summed E-state index contributed by atoms with van der Waals surface area (Å²) in [5.74, 6) is 1.60. The Balaban J connectivity index is 1.86. The van der Waals surface area contributed by atoms with Crippen molar-refractivity contribution < 1.29 is 4.74 Å². The molecule has 0 saturated heterocycles. The van der Waals surface area contributed by atoms with Crippen LogP contribution in [0.15, 0.2) is 50.2 Å². The van der Waals surface area contributed by atoms with E-state index >= 15 is 0 Å². The second kappa shape index (κ2) is 7.59.